The number of amides is 15. The quantitative estimate of drug-likeness (QED) is 0.0335. The summed E-state index contributed by atoms with van der Waals surface area (Å²) in [6, 6.07) is 0.0810. The van der Waals surface area contributed by atoms with E-state index in [0.29, 0.717) is 17.5 Å². The molecule has 38 heteroatoms. The van der Waals surface area contributed by atoms with Crippen molar-refractivity contribution in [1.29, 1.82) is 0 Å². The van der Waals surface area contributed by atoms with E-state index in [2.05, 4.69) is 43.6 Å². The van der Waals surface area contributed by atoms with E-state index in [4.69, 9.17) is 16.3 Å². The predicted octanol–water partition coefficient (Wildman–Crippen LogP) is 5.68. The largest absolute Gasteiger partial charge is 0.484 e. The molecule has 1 aromatic heterocycles. The van der Waals surface area contributed by atoms with Gasteiger partial charge in [0.15, 0.2) is 12.3 Å². The fourth-order valence-corrected chi connectivity index (χ4v) is 14.2. The van der Waals surface area contributed by atoms with Gasteiger partial charge in [-0.15, -0.1) is 0 Å². The van der Waals surface area contributed by atoms with Crippen LogP contribution < -0.4 is 36.6 Å². The van der Waals surface area contributed by atoms with Crippen molar-refractivity contribution < 1.29 is 94.9 Å². The molecule has 1 aliphatic heterocycles. The Labute approximate surface area is 724 Å². The number of hydrogen-bond acceptors (Lipinski definition) is 18. The van der Waals surface area contributed by atoms with Gasteiger partial charge < -0.3 is 85.8 Å². The Balaban J connectivity index is 1.27. The number of aromatic nitrogens is 2. The summed E-state index contributed by atoms with van der Waals surface area (Å²) >= 11 is 6.12. The van der Waals surface area contributed by atoms with E-state index >= 15 is 0 Å². The molecule has 2 unspecified atom stereocenters. The summed E-state index contributed by atoms with van der Waals surface area (Å²) in [6.07, 6.45) is -3.53. The standard InChI is InChI=1S/C85H129ClF3N17O17/c1-24-62(95-68(109)43-66(107)53(13)27-26-28-69(110)104-33-35-105(36-34-104)72(113)47-123-60-31-29-59(30-32-60)106-75(85(87,88)89)61(44-90-106)77(115)94-58-41-56(86)40-57(42-58)93-67(108)25-2)81(119)98(18)45-70(111)100(20)63(37-48(3)4)79(117)96-73(51(9)10)83(121)101(21)64(38-49(5)6)78(116)91-54(14)76(114)92-55(15)80(118)102(22)65(39-50(7)8)82(120)99(19)46-71(112)103(23)74(52(11)12)84(122)97(16)17/h25,29-32,40-42,44,48-55,62-66,73-74,107H,2,24,26-28,33-39,43,45-47H2,1,3-23H3,(H,91,116)(H,92,114)(H,93,108)(H,94,115)(H,95,109)(H,96,117)/t53-,54+,55-,62+,63+,64+,65+,66+,73?,74?/m1/s1. The summed E-state index contributed by atoms with van der Waals surface area (Å²) in [5.74, 6) is -10.6. The molecule has 1 aliphatic rings. The Morgan fingerprint density at radius 1 is 0.585 bits per heavy atom. The highest BCUT2D eigenvalue weighted by atomic mass is 35.5. The smallest absolute Gasteiger partial charge is 0.434 e. The number of alkyl halides is 3. The van der Waals surface area contributed by atoms with E-state index in [9.17, 15) is 90.2 Å². The molecule has 10 atom stereocenters. The first kappa shape index (κ1) is 105. The Kier molecular flexibility index (Phi) is 40.7. The van der Waals surface area contributed by atoms with Gasteiger partial charge in [-0.2, -0.15) is 18.3 Å². The number of piperazine rings is 1. The summed E-state index contributed by atoms with van der Waals surface area (Å²) in [6.45, 7) is 27.1. The topological polar surface area (TPSA) is 405 Å². The van der Waals surface area contributed by atoms with Crippen LogP contribution in [-0.2, 0) is 73.3 Å². The van der Waals surface area contributed by atoms with Gasteiger partial charge in [0.1, 0.15) is 54.1 Å². The molecule has 2 aromatic carbocycles. The number of nitrogens with zero attached hydrogens (tertiary/aromatic N) is 11. The molecule has 4 rings (SSSR count). The number of aliphatic hydroxyl groups excluding tert-OH is 1. The maximum absolute atomic E-state index is 14.7. The lowest BCUT2D eigenvalue weighted by molar-refractivity contribution is -0.150. The molecule has 0 radical (unpaired) electrons. The highest BCUT2D eigenvalue weighted by molar-refractivity contribution is 6.31. The molecule has 123 heavy (non-hydrogen) atoms. The zero-order valence-corrected chi connectivity index (χ0v) is 75.8. The number of rotatable bonds is 44. The maximum Gasteiger partial charge on any atom is 0.434 e. The zero-order chi connectivity index (χ0) is 93.3. The zero-order valence-electron chi connectivity index (χ0n) is 75.1. The number of aliphatic hydroxyl groups is 1. The molecule has 1 saturated heterocycles. The van der Waals surface area contributed by atoms with Crippen molar-refractivity contribution in [3.8, 4) is 11.4 Å². The molecule has 0 aliphatic carbocycles. The van der Waals surface area contributed by atoms with Crippen LogP contribution in [0.4, 0.5) is 24.5 Å². The number of hydrogen-bond donors (Lipinski definition) is 7. The highest BCUT2D eigenvalue weighted by Crippen LogP contribution is 2.35. The molecule has 34 nitrogen and oxygen atoms in total. The molecule has 1 fully saturated rings. The van der Waals surface area contributed by atoms with E-state index in [-0.39, 0.29) is 128 Å². The van der Waals surface area contributed by atoms with Crippen molar-refractivity contribution >= 4 is 112 Å². The van der Waals surface area contributed by atoms with Gasteiger partial charge >= 0.3 is 6.18 Å². The molecule has 3 aromatic rings. The predicted molar refractivity (Wildman–Crippen MR) is 457 cm³/mol. The van der Waals surface area contributed by atoms with Gasteiger partial charge in [0.05, 0.1) is 43.1 Å². The van der Waals surface area contributed by atoms with Crippen LogP contribution in [0.3, 0.4) is 0 Å². The lowest BCUT2D eigenvalue weighted by Crippen LogP contribution is -2.60. The molecule has 0 saturated carbocycles. The van der Waals surface area contributed by atoms with Crippen molar-refractivity contribution in [2.75, 3.05) is 113 Å². The van der Waals surface area contributed by atoms with E-state index in [1.807, 2.05) is 55.4 Å². The first-order valence-corrected chi connectivity index (χ1v) is 41.8. The van der Waals surface area contributed by atoms with Gasteiger partial charge in [-0.25, -0.2) is 4.68 Å². The molecule has 15 amide bonds. The first-order valence-electron chi connectivity index (χ1n) is 41.4. The third kappa shape index (κ3) is 30.9. The van der Waals surface area contributed by atoms with Crippen molar-refractivity contribution in [2.24, 2.45) is 35.5 Å². The fraction of sp³-hybridized carbons (Fsp3) is 0.624. The third-order valence-corrected chi connectivity index (χ3v) is 21.5. The summed E-state index contributed by atoms with van der Waals surface area (Å²) in [4.78, 5) is 217. The summed E-state index contributed by atoms with van der Waals surface area (Å²) < 4.78 is 49.9. The number of likely N-dealkylation sites (N-methyl/N-ethyl adjacent to an activating group) is 7. The second-order valence-corrected chi connectivity index (χ2v) is 34.2. The molecule has 2 heterocycles. The van der Waals surface area contributed by atoms with Crippen LogP contribution in [0.5, 0.6) is 5.75 Å². The van der Waals surface area contributed by atoms with Crippen LogP contribution in [-0.4, -0.2) is 304 Å². The van der Waals surface area contributed by atoms with Crippen molar-refractivity contribution in [3.63, 3.8) is 0 Å². The Bertz CT molecular complexity index is 4210. The number of benzene rings is 2. The minimum Gasteiger partial charge on any atom is -0.484 e. The van der Waals surface area contributed by atoms with Gasteiger partial charge in [-0.1, -0.05) is 101 Å². The van der Waals surface area contributed by atoms with Crippen molar-refractivity contribution in [3.05, 3.63) is 77.6 Å². The number of carbonyl (C=O) groups is 15. The minimum atomic E-state index is -5.06. The van der Waals surface area contributed by atoms with Crippen LogP contribution in [0.25, 0.3) is 5.69 Å². The number of carbonyl (C=O) groups excluding carboxylic acids is 15. The van der Waals surface area contributed by atoms with Gasteiger partial charge in [0, 0.05) is 105 Å². The Morgan fingerprint density at radius 3 is 1.59 bits per heavy atom. The lowest BCUT2D eigenvalue weighted by Gasteiger charge is -2.36. The third-order valence-electron chi connectivity index (χ3n) is 21.3. The van der Waals surface area contributed by atoms with Crippen molar-refractivity contribution in [1.82, 2.24) is 75.1 Å². The molecule has 7 N–H and O–H groups in total. The number of ether oxygens (including phenoxy) is 1. The van der Waals surface area contributed by atoms with Crippen LogP contribution in [0.1, 0.15) is 164 Å². The molecule has 684 valence electrons. The van der Waals surface area contributed by atoms with Crippen LogP contribution in [0.2, 0.25) is 5.02 Å². The first-order chi connectivity index (χ1) is 57.3. The van der Waals surface area contributed by atoms with E-state index in [1.54, 1.807) is 46.7 Å². The van der Waals surface area contributed by atoms with Crippen LogP contribution in [0, 0.1) is 35.5 Å². The Morgan fingerprint density at radius 2 is 1.08 bits per heavy atom. The SMILES string of the molecule is C=CC(=O)Nc1cc(Cl)cc(NC(=O)c2cnn(-c3ccc(OCC(=O)N4CCN(C(=O)CCC[C@@H](C)[C@@H](O)CC(=O)N[C@@H](CC)C(=O)N(C)CC(=O)N(C)[C@@H](CC(C)C)C(=O)NC(C(=O)N(C)[C@@H](CC(C)C)C(=O)N[C@@H](C)C(=O)N[C@H](C)C(=O)N(C)[C@@H](CC(C)C)C(=O)N(C)CC(=O)N(C)C(C(=O)N(C)C)C(C)C)C(C)C)CC4)cc3)c2C(F)(F)F)c1. The van der Waals surface area contributed by atoms with Crippen molar-refractivity contribution in [2.45, 2.75) is 209 Å². The van der Waals surface area contributed by atoms with Crippen LogP contribution >= 0.6 is 11.6 Å². The Hall–Kier alpha value is -10.7. The average Bonchev–Trinajstić information content (AvgIpc) is 1.63. The molecule has 0 bridgehead atoms. The average molecular weight is 1750 g/mol. The second kappa shape index (κ2) is 47.8. The van der Waals surface area contributed by atoms with Gasteiger partial charge in [-0.3, -0.25) is 71.9 Å². The normalized spacial score (nSPS) is 14.7. The van der Waals surface area contributed by atoms with Gasteiger partial charge in [-0.05, 0) is 136 Å². The van der Waals surface area contributed by atoms with E-state index in [1.165, 1.54) is 133 Å². The molecular formula is C85H129ClF3N17O17. The van der Waals surface area contributed by atoms with E-state index < -0.39 is 180 Å². The lowest BCUT2D eigenvalue weighted by atomic mass is 9.95. The number of anilines is 2. The summed E-state index contributed by atoms with van der Waals surface area (Å²) in [5, 5.41) is 30.7. The summed E-state index contributed by atoms with van der Waals surface area (Å²) in [5.41, 5.74) is -2.15. The number of halogens is 4. The van der Waals surface area contributed by atoms with Gasteiger partial charge in [0.25, 0.3) is 11.8 Å². The maximum atomic E-state index is 14.7. The highest BCUT2D eigenvalue weighted by Gasteiger charge is 2.43. The van der Waals surface area contributed by atoms with E-state index in [0.717, 1.165) is 17.2 Å². The number of nitrogens with one attached hydrogen (secondary N) is 6. The summed E-state index contributed by atoms with van der Waals surface area (Å²) in [7, 11) is 11.7. The monoisotopic (exact) mass is 1750 g/mol. The second-order valence-electron chi connectivity index (χ2n) is 33.8. The molecular weight excluding hydrogens is 1620 g/mol. The molecule has 0 spiro atoms. The minimum absolute atomic E-state index is 0.0141. The van der Waals surface area contributed by atoms with Crippen LogP contribution in [0.15, 0.2) is 61.3 Å². The fourth-order valence-electron chi connectivity index (χ4n) is 14.0. The van der Waals surface area contributed by atoms with Gasteiger partial charge in [0.2, 0.25) is 76.8 Å².